The van der Waals surface area contributed by atoms with E-state index in [0.717, 1.165) is 48.1 Å². The zero-order valence-electron chi connectivity index (χ0n) is 26.6. The Bertz CT molecular complexity index is 1420. The topological polar surface area (TPSA) is 100 Å². The van der Waals surface area contributed by atoms with Crippen LogP contribution in [0.3, 0.4) is 0 Å². The van der Waals surface area contributed by atoms with Crippen LogP contribution in [0, 0.1) is 5.92 Å². The second kappa shape index (κ2) is 16.8. The van der Waals surface area contributed by atoms with Crippen LogP contribution in [0.2, 0.25) is 5.02 Å². The highest BCUT2D eigenvalue weighted by atomic mass is 35.5. The molecule has 1 heterocycles. The van der Waals surface area contributed by atoms with Gasteiger partial charge in [-0.3, -0.25) is 4.79 Å². The number of ether oxygens (including phenoxy) is 2. The lowest BCUT2D eigenvalue weighted by atomic mass is 9.72. The van der Waals surface area contributed by atoms with Crippen LogP contribution >= 0.6 is 11.6 Å². The highest BCUT2D eigenvalue weighted by molar-refractivity contribution is 6.33. The fourth-order valence-corrected chi connectivity index (χ4v) is 6.49. The van der Waals surface area contributed by atoms with Crippen LogP contribution in [0.5, 0.6) is 0 Å². The molecule has 1 saturated heterocycles. The largest absolute Gasteiger partial charge is 0.453 e. The summed E-state index contributed by atoms with van der Waals surface area (Å²) in [6.45, 7) is 5.58. The van der Waals surface area contributed by atoms with Crippen molar-refractivity contribution < 1.29 is 24.2 Å². The van der Waals surface area contributed by atoms with Gasteiger partial charge in [-0.1, -0.05) is 67.1 Å². The third-order valence-electron chi connectivity index (χ3n) is 8.69. The van der Waals surface area contributed by atoms with Crippen molar-refractivity contribution in [3.8, 4) is 11.1 Å². The normalized spacial score (nSPS) is 16.2. The predicted molar refractivity (Wildman–Crippen MR) is 178 cm³/mol. The highest BCUT2D eigenvalue weighted by Crippen LogP contribution is 2.45. The lowest BCUT2D eigenvalue weighted by Gasteiger charge is -2.44. The maximum atomic E-state index is 13.7. The number of amides is 2. The molecular formula is C36H46ClN3O5. The van der Waals surface area contributed by atoms with Crippen molar-refractivity contribution in [2.75, 3.05) is 47.0 Å². The van der Waals surface area contributed by atoms with Crippen molar-refractivity contribution in [3.63, 3.8) is 0 Å². The first kappa shape index (κ1) is 34.4. The van der Waals surface area contributed by atoms with Gasteiger partial charge in [-0.25, -0.2) is 4.79 Å². The van der Waals surface area contributed by atoms with Gasteiger partial charge >= 0.3 is 6.09 Å². The minimum absolute atomic E-state index is 0.0461. The molecule has 0 aliphatic carbocycles. The number of methoxy groups -OCH3 is 2. The Morgan fingerprint density at radius 3 is 2.56 bits per heavy atom. The predicted octanol–water partition coefficient (Wildman–Crippen LogP) is 6.18. The van der Waals surface area contributed by atoms with Crippen LogP contribution in [0.15, 0.2) is 66.7 Å². The average molecular weight is 636 g/mol. The molecule has 3 N–H and O–H groups in total. The summed E-state index contributed by atoms with van der Waals surface area (Å²) in [5.74, 6) is -0.292. The Balaban J connectivity index is 1.62. The van der Waals surface area contributed by atoms with Crippen molar-refractivity contribution in [3.05, 3.63) is 94.0 Å². The van der Waals surface area contributed by atoms with Crippen molar-refractivity contribution in [1.29, 1.82) is 0 Å². The van der Waals surface area contributed by atoms with Gasteiger partial charge in [0.1, 0.15) is 0 Å². The Morgan fingerprint density at radius 1 is 1.04 bits per heavy atom. The molecule has 4 rings (SSSR count). The molecule has 8 nitrogen and oxygen atoms in total. The Morgan fingerprint density at radius 2 is 1.82 bits per heavy atom. The maximum absolute atomic E-state index is 13.7. The first-order chi connectivity index (χ1) is 21.8. The van der Waals surface area contributed by atoms with E-state index in [9.17, 15) is 14.7 Å². The van der Waals surface area contributed by atoms with Crippen LogP contribution in [0.25, 0.3) is 11.1 Å². The number of piperidine rings is 1. The second-order valence-electron chi connectivity index (χ2n) is 11.6. The maximum Gasteiger partial charge on any atom is 0.406 e. The number of aryl methyl sites for hydroxylation is 1. The Hall–Kier alpha value is -3.43. The van der Waals surface area contributed by atoms with Gasteiger partial charge in [-0.05, 0) is 72.6 Å². The van der Waals surface area contributed by atoms with E-state index < -0.39 is 11.7 Å². The van der Waals surface area contributed by atoms with E-state index in [-0.39, 0.29) is 11.8 Å². The molecule has 3 aromatic rings. The molecule has 242 valence electrons. The molecule has 2 unspecified atom stereocenters. The average Bonchev–Trinajstić information content (AvgIpc) is 3.08. The van der Waals surface area contributed by atoms with Gasteiger partial charge in [-0.2, -0.15) is 0 Å². The molecule has 0 aromatic heterocycles. The third-order valence-corrected chi connectivity index (χ3v) is 9.01. The number of benzene rings is 3. The van der Waals surface area contributed by atoms with Gasteiger partial charge in [0.25, 0.3) is 5.91 Å². The summed E-state index contributed by atoms with van der Waals surface area (Å²) in [5.41, 5.74) is 4.08. The number of rotatable bonds is 14. The molecule has 2 atom stereocenters. The molecule has 2 amide bonds. The standard InChI is InChI=1S/C36H46ClN3O5/c1-4-26-9-5-10-29(23-26)33-31(12-6-13-32(33)37)36(43,18-8-19-39-35(42)45-3)30-11-7-21-40(25-30)34(41)28-16-14-27(15-17-28)24-38-20-22-44-2/h5-6,9-10,12-17,23,30,38,43H,4,7-8,11,18-22,24-25H2,1-3H3,(H,39,42). The number of nitrogens with one attached hydrogen (secondary N) is 2. The fourth-order valence-electron chi connectivity index (χ4n) is 6.21. The number of nitrogens with zero attached hydrogens (tertiary/aromatic N) is 1. The molecule has 9 heteroatoms. The van der Waals surface area contributed by atoms with Gasteiger partial charge in [-0.15, -0.1) is 0 Å². The molecule has 0 radical (unpaired) electrons. The molecule has 3 aromatic carbocycles. The van der Waals surface area contributed by atoms with Crippen molar-refractivity contribution in [2.45, 2.75) is 51.2 Å². The first-order valence-electron chi connectivity index (χ1n) is 15.8. The smallest absolute Gasteiger partial charge is 0.406 e. The molecule has 1 aliphatic rings. The number of alkyl carbamates (subject to hydrolysis) is 1. The van der Waals surface area contributed by atoms with Crippen LogP contribution in [0.1, 0.15) is 59.7 Å². The molecule has 1 aliphatic heterocycles. The summed E-state index contributed by atoms with van der Waals surface area (Å²) in [7, 11) is 3.01. The monoisotopic (exact) mass is 635 g/mol. The zero-order chi connectivity index (χ0) is 32.2. The van der Waals surface area contributed by atoms with Gasteiger partial charge in [0.05, 0.1) is 19.3 Å². The van der Waals surface area contributed by atoms with E-state index in [2.05, 4.69) is 29.7 Å². The number of aliphatic hydroxyl groups is 1. The summed E-state index contributed by atoms with van der Waals surface area (Å²) < 4.78 is 9.82. The van der Waals surface area contributed by atoms with Gasteiger partial charge in [0, 0.05) is 61.9 Å². The number of hydrogen-bond donors (Lipinski definition) is 3. The van der Waals surface area contributed by atoms with Crippen molar-refractivity contribution in [2.24, 2.45) is 5.92 Å². The number of hydrogen-bond acceptors (Lipinski definition) is 6. The lowest BCUT2D eigenvalue weighted by molar-refractivity contribution is -0.0563. The molecule has 45 heavy (non-hydrogen) atoms. The lowest BCUT2D eigenvalue weighted by Crippen LogP contribution is -2.48. The zero-order valence-corrected chi connectivity index (χ0v) is 27.4. The number of carbonyl (C=O) groups is 2. The highest BCUT2D eigenvalue weighted by Gasteiger charge is 2.43. The van der Waals surface area contributed by atoms with Gasteiger partial charge in [0.15, 0.2) is 0 Å². The number of halogens is 1. The quantitative estimate of drug-likeness (QED) is 0.183. The van der Waals surface area contributed by atoms with Crippen LogP contribution < -0.4 is 10.6 Å². The summed E-state index contributed by atoms with van der Waals surface area (Å²) >= 11 is 6.89. The molecular weight excluding hydrogens is 590 g/mol. The van der Waals surface area contributed by atoms with E-state index in [0.29, 0.717) is 56.2 Å². The molecule has 0 bridgehead atoms. The number of carbonyl (C=O) groups excluding carboxylic acids is 2. The Labute approximate surface area is 272 Å². The molecule has 0 spiro atoms. The summed E-state index contributed by atoms with van der Waals surface area (Å²) in [5, 5.41) is 19.4. The molecule has 1 fully saturated rings. The van der Waals surface area contributed by atoms with Crippen LogP contribution in [-0.4, -0.2) is 69.0 Å². The van der Waals surface area contributed by atoms with Crippen molar-refractivity contribution >= 4 is 23.6 Å². The second-order valence-corrected chi connectivity index (χ2v) is 12.0. The van der Waals surface area contributed by atoms with Gasteiger partial charge in [0.2, 0.25) is 0 Å². The van der Waals surface area contributed by atoms with Crippen LogP contribution in [-0.2, 0) is 28.0 Å². The van der Waals surface area contributed by atoms with E-state index in [4.69, 9.17) is 21.1 Å². The summed E-state index contributed by atoms with van der Waals surface area (Å²) in [6, 6.07) is 21.6. The van der Waals surface area contributed by atoms with Gasteiger partial charge < -0.3 is 30.1 Å². The van der Waals surface area contributed by atoms with E-state index in [1.54, 1.807) is 7.11 Å². The third kappa shape index (κ3) is 8.85. The van der Waals surface area contributed by atoms with Crippen LogP contribution in [0.4, 0.5) is 4.79 Å². The fraction of sp³-hybridized carbons (Fsp3) is 0.444. The SMILES string of the molecule is CCc1cccc(-c2c(Cl)cccc2C(O)(CCCNC(=O)OC)C2CCCN(C(=O)c3ccc(CNCCOC)cc3)C2)c1. The van der Waals surface area contributed by atoms with E-state index in [1.807, 2.05) is 59.5 Å². The van der Waals surface area contributed by atoms with E-state index >= 15 is 0 Å². The first-order valence-corrected chi connectivity index (χ1v) is 16.2. The summed E-state index contributed by atoms with van der Waals surface area (Å²) in [6.07, 6.45) is 2.76. The minimum atomic E-state index is -1.31. The summed E-state index contributed by atoms with van der Waals surface area (Å²) in [4.78, 5) is 27.3. The van der Waals surface area contributed by atoms with E-state index in [1.165, 1.54) is 12.7 Å². The molecule has 0 saturated carbocycles. The van der Waals surface area contributed by atoms with Crippen molar-refractivity contribution in [1.82, 2.24) is 15.5 Å². The minimum Gasteiger partial charge on any atom is -0.453 e. The number of likely N-dealkylation sites (tertiary alicyclic amines) is 1. The Kier molecular flexibility index (Phi) is 12.8.